The smallest absolute Gasteiger partial charge is 0.0362 e. The summed E-state index contributed by atoms with van der Waals surface area (Å²) in [4.78, 5) is 2.43. The second-order valence-corrected chi connectivity index (χ2v) is 5.81. The minimum atomic E-state index is -0.608. The van der Waals surface area contributed by atoms with Gasteiger partial charge in [0, 0.05) is 41.4 Å². The Morgan fingerprint density at radius 1 is 1.57 bits per heavy atom. The van der Waals surface area contributed by atoms with E-state index in [2.05, 4.69) is 17.1 Å². The van der Waals surface area contributed by atoms with Crippen LogP contribution in [0.2, 0.25) is 0 Å². The molecule has 0 aromatic carbocycles. The van der Waals surface area contributed by atoms with Crippen molar-refractivity contribution in [2.45, 2.75) is 26.3 Å². The van der Waals surface area contributed by atoms with Crippen molar-refractivity contribution in [2.75, 3.05) is 37.7 Å². The summed E-state index contributed by atoms with van der Waals surface area (Å²) in [6.45, 7) is 8.57. The number of hydrogen-bond acceptors (Lipinski definition) is 3. The monoisotopic (exact) mass is 218 g/mol. The van der Waals surface area contributed by atoms with E-state index in [1.807, 2.05) is 6.92 Å². The molecule has 0 spiro atoms. The van der Waals surface area contributed by atoms with Crippen molar-refractivity contribution in [1.29, 1.82) is 0 Å². The van der Waals surface area contributed by atoms with Crippen LogP contribution in [0.3, 0.4) is 0 Å². The highest BCUT2D eigenvalue weighted by Crippen LogP contribution is 2.00. The van der Waals surface area contributed by atoms with Crippen LogP contribution in [-0.2, 0) is 10.8 Å². The van der Waals surface area contributed by atoms with Crippen LogP contribution in [0, 0.1) is 0 Å². The third kappa shape index (κ3) is 4.53. The van der Waals surface area contributed by atoms with Crippen LogP contribution < -0.4 is 5.32 Å². The van der Waals surface area contributed by atoms with Crippen molar-refractivity contribution in [3.63, 3.8) is 0 Å². The Morgan fingerprint density at radius 3 is 3.07 bits per heavy atom. The average molecular weight is 218 g/mol. The minimum absolute atomic E-state index is 0.576. The first-order valence-electron chi connectivity index (χ1n) is 5.53. The summed E-state index contributed by atoms with van der Waals surface area (Å²) in [5, 5.41) is 3.46. The first-order chi connectivity index (χ1) is 6.72. The Kier molecular flexibility index (Phi) is 5.67. The fraction of sp³-hybridized carbons (Fsp3) is 1.00. The zero-order chi connectivity index (χ0) is 10.4. The average Bonchev–Trinajstić information content (AvgIpc) is 2.39. The maximum absolute atomic E-state index is 11.3. The summed E-state index contributed by atoms with van der Waals surface area (Å²) < 4.78 is 11.3. The van der Waals surface area contributed by atoms with Crippen molar-refractivity contribution in [3.8, 4) is 0 Å². The quantitative estimate of drug-likeness (QED) is 0.743. The molecule has 1 N–H and O–H groups in total. The van der Waals surface area contributed by atoms with Gasteiger partial charge in [0.25, 0.3) is 0 Å². The maximum Gasteiger partial charge on any atom is 0.0362 e. The lowest BCUT2D eigenvalue weighted by Crippen LogP contribution is -2.37. The highest BCUT2D eigenvalue weighted by atomic mass is 32.2. The van der Waals surface area contributed by atoms with Crippen molar-refractivity contribution in [1.82, 2.24) is 10.2 Å². The molecule has 2 atom stereocenters. The van der Waals surface area contributed by atoms with E-state index >= 15 is 0 Å². The lowest BCUT2D eigenvalue weighted by molar-refractivity contribution is 0.289. The predicted octanol–water partition coefficient (Wildman–Crippen LogP) is 0.439. The summed E-state index contributed by atoms with van der Waals surface area (Å²) in [6, 6.07) is 0.576. The van der Waals surface area contributed by atoms with Gasteiger partial charge in [-0.05, 0) is 26.4 Å². The first-order valence-corrected chi connectivity index (χ1v) is 7.02. The highest BCUT2D eigenvalue weighted by Gasteiger charge is 2.13. The van der Waals surface area contributed by atoms with Crippen LogP contribution >= 0.6 is 0 Å². The molecule has 1 aliphatic heterocycles. The van der Waals surface area contributed by atoms with E-state index in [0.29, 0.717) is 6.04 Å². The van der Waals surface area contributed by atoms with E-state index in [1.54, 1.807) is 0 Å². The Hall–Kier alpha value is 0.0700. The minimum Gasteiger partial charge on any atom is -0.313 e. The van der Waals surface area contributed by atoms with Gasteiger partial charge in [0.1, 0.15) is 0 Å². The summed E-state index contributed by atoms with van der Waals surface area (Å²) in [6.07, 6.45) is 1.21. The van der Waals surface area contributed by atoms with E-state index in [0.717, 1.165) is 37.7 Å². The molecule has 0 saturated carbocycles. The number of rotatable bonds is 4. The summed E-state index contributed by atoms with van der Waals surface area (Å²) in [5.41, 5.74) is 0. The van der Waals surface area contributed by atoms with Gasteiger partial charge in [-0.25, -0.2) is 0 Å². The summed E-state index contributed by atoms with van der Waals surface area (Å²) in [7, 11) is -0.608. The standard InChI is InChI=1S/C10H22N2OS/c1-3-14(13)8-7-12-6-4-5-11-10(2)9-12/h10-11H,3-9H2,1-2H3. The van der Waals surface area contributed by atoms with E-state index in [1.165, 1.54) is 6.42 Å². The summed E-state index contributed by atoms with van der Waals surface area (Å²) in [5.74, 6) is 1.63. The first kappa shape index (κ1) is 12.1. The van der Waals surface area contributed by atoms with E-state index < -0.39 is 10.8 Å². The summed E-state index contributed by atoms with van der Waals surface area (Å²) >= 11 is 0. The van der Waals surface area contributed by atoms with Crippen molar-refractivity contribution in [3.05, 3.63) is 0 Å². The Labute approximate surface area is 89.7 Å². The zero-order valence-corrected chi connectivity index (χ0v) is 10.1. The van der Waals surface area contributed by atoms with Crippen molar-refractivity contribution >= 4 is 10.8 Å². The number of nitrogens with zero attached hydrogens (tertiary/aromatic N) is 1. The van der Waals surface area contributed by atoms with Crippen molar-refractivity contribution < 1.29 is 4.21 Å². The molecule has 4 heteroatoms. The van der Waals surface area contributed by atoms with Crippen molar-refractivity contribution in [2.24, 2.45) is 0 Å². The van der Waals surface area contributed by atoms with Gasteiger partial charge < -0.3 is 10.2 Å². The molecule has 84 valence electrons. The molecule has 1 rings (SSSR count). The van der Waals surface area contributed by atoms with Crippen LogP contribution in [0.15, 0.2) is 0 Å². The largest absolute Gasteiger partial charge is 0.313 e. The van der Waals surface area contributed by atoms with Crippen LogP contribution in [0.5, 0.6) is 0 Å². The molecule has 0 aromatic heterocycles. The molecule has 2 unspecified atom stereocenters. The molecule has 3 nitrogen and oxygen atoms in total. The van der Waals surface area contributed by atoms with Gasteiger partial charge in [0.2, 0.25) is 0 Å². The molecular formula is C10H22N2OS. The van der Waals surface area contributed by atoms with Gasteiger partial charge >= 0.3 is 0 Å². The van der Waals surface area contributed by atoms with Crippen LogP contribution in [0.25, 0.3) is 0 Å². The molecule has 0 aromatic rings. The molecule has 1 aliphatic rings. The molecule has 0 aliphatic carbocycles. The fourth-order valence-electron chi connectivity index (χ4n) is 1.77. The molecule has 0 amide bonds. The SMILES string of the molecule is CCS(=O)CCN1CCCNC(C)C1. The third-order valence-electron chi connectivity index (χ3n) is 2.63. The molecule has 1 fully saturated rings. The second-order valence-electron chi connectivity index (χ2n) is 3.94. The van der Waals surface area contributed by atoms with Gasteiger partial charge in [-0.3, -0.25) is 4.21 Å². The molecule has 1 heterocycles. The topological polar surface area (TPSA) is 32.3 Å². The number of hydrogen-bond donors (Lipinski definition) is 1. The Balaban J connectivity index is 2.24. The van der Waals surface area contributed by atoms with E-state index in [9.17, 15) is 4.21 Å². The second kappa shape index (κ2) is 6.53. The molecule has 14 heavy (non-hydrogen) atoms. The molecule has 1 saturated heterocycles. The normalized spacial score (nSPS) is 27.1. The highest BCUT2D eigenvalue weighted by molar-refractivity contribution is 7.84. The zero-order valence-electron chi connectivity index (χ0n) is 9.29. The predicted molar refractivity (Wildman–Crippen MR) is 62.1 cm³/mol. The van der Waals surface area contributed by atoms with E-state index in [-0.39, 0.29) is 0 Å². The van der Waals surface area contributed by atoms with Gasteiger partial charge in [0.15, 0.2) is 0 Å². The van der Waals surface area contributed by atoms with Crippen LogP contribution in [-0.4, -0.2) is 52.8 Å². The fourth-order valence-corrected chi connectivity index (χ4v) is 2.52. The van der Waals surface area contributed by atoms with Gasteiger partial charge in [-0.1, -0.05) is 6.92 Å². The Morgan fingerprint density at radius 2 is 2.36 bits per heavy atom. The molecule has 0 radical (unpaired) electrons. The molecular weight excluding hydrogens is 196 g/mol. The van der Waals surface area contributed by atoms with Gasteiger partial charge in [-0.15, -0.1) is 0 Å². The number of nitrogens with one attached hydrogen (secondary N) is 1. The van der Waals surface area contributed by atoms with Gasteiger partial charge in [-0.2, -0.15) is 0 Å². The Bertz CT molecular complexity index is 187. The third-order valence-corrected chi connectivity index (χ3v) is 3.92. The van der Waals surface area contributed by atoms with Crippen LogP contribution in [0.4, 0.5) is 0 Å². The van der Waals surface area contributed by atoms with Crippen LogP contribution in [0.1, 0.15) is 20.3 Å². The lowest BCUT2D eigenvalue weighted by atomic mass is 10.3. The van der Waals surface area contributed by atoms with Gasteiger partial charge in [0.05, 0.1) is 0 Å². The lowest BCUT2D eigenvalue weighted by Gasteiger charge is -2.21. The molecule has 0 bridgehead atoms. The maximum atomic E-state index is 11.3. The van der Waals surface area contributed by atoms with E-state index in [4.69, 9.17) is 0 Å².